The van der Waals surface area contributed by atoms with Gasteiger partial charge >= 0.3 is 0 Å². The minimum Gasteiger partial charge on any atom is -0.253 e. The summed E-state index contributed by atoms with van der Waals surface area (Å²) < 4.78 is 0. The summed E-state index contributed by atoms with van der Waals surface area (Å²) in [6, 6.07) is 10.4. The quantitative estimate of drug-likeness (QED) is 0.735. The van der Waals surface area contributed by atoms with Gasteiger partial charge in [0.25, 0.3) is 0 Å². The molecule has 1 heterocycles. The molecule has 0 aliphatic rings. The second-order valence-electron chi connectivity index (χ2n) is 4.91. The number of nitrogens with zero attached hydrogens (tertiary/aromatic N) is 1. The zero-order valence-corrected chi connectivity index (χ0v) is 11.3. The molecule has 17 heavy (non-hydrogen) atoms. The highest BCUT2D eigenvalue weighted by Crippen LogP contribution is 2.20. The summed E-state index contributed by atoms with van der Waals surface area (Å²) >= 11 is 6.33. The van der Waals surface area contributed by atoms with Gasteiger partial charge in [0.2, 0.25) is 0 Å². The molecule has 0 aliphatic heterocycles. The summed E-state index contributed by atoms with van der Waals surface area (Å²) in [5, 5.41) is 1.35. The Morgan fingerprint density at radius 3 is 2.65 bits per heavy atom. The molecule has 2 aromatic rings. The maximum Gasteiger partial charge on any atom is 0.0705 e. The molecule has 0 aliphatic carbocycles. The van der Waals surface area contributed by atoms with Crippen LogP contribution in [-0.2, 0) is 6.42 Å². The van der Waals surface area contributed by atoms with E-state index in [0.717, 1.165) is 17.6 Å². The first-order valence-electron chi connectivity index (χ1n) is 6.07. The highest BCUT2D eigenvalue weighted by atomic mass is 35.5. The summed E-state index contributed by atoms with van der Waals surface area (Å²) in [5.41, 5.74) is 3.41. The number of alkyl halides is 1. The molecule has 0 bridgehead atoms. The van der Waals surface area contributed by atoms with Crippen LogP contribution in [0.5, 0.6) is 0 Å². The third-order valence-corrected chi connectivity index (χ3v) is 3.79. The van der Waals surface area contributed by atoms with E-state index in [0.29, 0.717) is 5.92 Å². The summed E-state index contributed by atoms with van der Waals surface area (Å²) in [6.07, 6.45) is 0.843. The molecule has 0 radical (unpaired) electrons. The first-order valence-corrected chi connectivity index (χ1v) is 6.51. The summed E-state index contributed by atoms with van der Waals surface area (Å²) in [7, 11) is 0. The van der Waals surface area contributed by atoms with E-state index in [4.69, 9.17) is 16.6 Å². The van der Waals surface area contributed by atoms with Crippen LogP contribution < -0.4 is 0 Å². The number of pyridine rings is 1. The predicted molar refractivity (Wildman–Crippen MR) is 74.7 cm³/mol. The van der Waals surface area contributed by atoms with Crippen molar-refractivity contribution in [2.45, 2.75) is 32.6 Å². The highest BCUT2D eigenvalue weighted by Gasteiger charge is 2.13. The van der Waals surface area contributed by atoms with Gasteiger partial charge in [-0.15, -0.1) is 11.6 Å². The van der Waals surface area contributed by atoms with Crippen LogP contribution in [0.2, 0.25) is 0 Å². The lowest BCUT2D eigenvalue weighted by atomic mass is 10.0. The molecule has 0 saturated heterocycles. The van der Waals surface area contributed by atoms with E-state index in [-0.39, 0.29) is 5.38 Å². The van der Waals surface area contributed by atoms with Crippen LogP contribution in [0.15, 0.2) is 30.3 Å². The molecular weight excluding hydrogens is 230 g/mol. The number of hydrogen-bond acceptors (Lipinski definition) is 1. The first-order chi connectivity index (χ1) is 8.08. The molecule has 2 rings (SSSR count). The van der Waals surface area contributed by atoms with Gasteiger partial charge in [-0.1, -0.05) is 32.0 Å². The Kier molecular flexibility index (Phi) is 3.68. The lowest BCUT2D eigenvalue weighted by Gasteiger charge is -2.14. The van der Waals surface area contributed by atoms with E-state index in [2.05, 4.69) is 39.0 Å². The fourth-order valence-corrected chi connectivity index (χ4v) is 2.03. The number of fused-ring (bicyclic) bond motifs is 1. The van der Waals surface area contributed by atoms with Crippen LogP contribution in [0.25, 0.3) is 10.9 Å². The normalized spacial score (nSPS) is 13.2. The molecule has 1 nitrogen and oxygen atoms in total. The van der Waals surface area contributed by atoms with Gasteiger partial charge in [-0.05, 0) is 30.5 Å². The molecule has 90 valence electrons. The number of aromatic nitrogens is 1. The molecule has 1 unspecified atom stereocenters. The fourth-order valence-electron chi connectivity index (χ4n) is 1.89. The van der Waals surface area contributed by atoms with Crippen LogP contribution in [0, 0.1) is 12.8 Å². The topological polar surface area (TPSA) is 12.9 Å². The van der Waals surface area contributed by atoms with Crippen molar-refractivity contribution in [2.75, 3.05) is 0 Å². The number of benzene rings is 1. The van der Waals surface area contributed by atoms with Crippen molar-refractivity contribution in [1.29, 1.82) is 0 Å². The van der Waals surface area contributed by atoms with Crippen LogP contribution in [-0.4, -0.2) is 10.4 Å². The van der Waals surface area contributed by atoms with E-state index in [1.807, 2.05) is 12.1 Å². The Balaban J connectivity index is 2.37. The Morgan fingerprint density at radius 1 is 1.24 bits per heavy atom. The van der Waals surface area contributed by atoms with Crippen LogP contribution in [0.3, 0.4) is 0 Å². The van der Waals surface area contributed by atoms with Gasteiger partial charge in [0.15, 0.2) is 0 Å². The maximum absolute atomic E-state index is 6.33. The number of aryl methyl sites for hydroxylation is 1. The molecule has 0 spiro atoms. The van der Waals surface area contributed by atoms with Gasteiger partial charge in [0.05, 0.1) is 5.52 Å². The van der Waals surface area contributed by atoms with E-state index < -0.39 is 0 Å². The largest absolute Gasteiger partial charge is 0.253 e. The van der Waals surface area contributed by atoms with Crippen molar-refractivity contribution < 1.29 is 0 Å². The maximum atomic E-state index is 6.33. The van der Waals surface area contributed by atoms with Crippen molar-refractivity contribution in [3.05, 3.63) is 41.6 Å². The monoisotopic (exact) mass is 247 g/mol. The summed E-state index contributed by atoms with van der Waals surface area (Å²) in [6.45, 7) is 6.40. The minimum atomic E-state index is 0.155. The lowest BCUT2D eigenvalue weighted by Crippen LogP contribution is -2.13. The van der Waals surface area contributed by atoms with E-state index >= 15 is 0 Å². The number of halogens is 1. The number of hydrogen-bond donors (Lipinski definition) is 0. The number of para-hydroxylation sites is 1. The standard InChI is InChI=1S/C15H18ClN/c1-10(2)13(16)9-15-11(3)8-12-6-4-5-7-14(12)17-15/h4-8,10,13H,9H2,1-3H3. The lowest BCUT2D eigenvalue weighted by molar-refractivity contribution is 0.590. The van der Waals surface area contributed by atoms with Crippen LogP contribution in [0.4, 0.5) is 0 Å². The van der Waals surface area contributed by atoms with E-state index in [1.54, 1.807) is 0 Å². The van der Waals surface area contributed by atoms with Gasteiger partial charge in [-0.25, -0.2) is 0 Å². The van der Waals surface area contributed by atoms with Gasteiger partial charge in [-0.2, -0.15) is 0 Å². The third kappa shape index (κ3) is 2.78. The average Bonchev–Trinajstić information content (AvgIpc) is 2.29. The molecule has 0 fully saturated rings. The summed E-state index contributed by atoms with van der Waals surface area (Å²) in [5.74, 6) is 0.476. The molecule has 0 N–H and O–H groups in total. The molecule has 0 amide bonds. The van der Waals surface area contributed by atoms with Crippen LogP contribution in [0.1, 0.15) is 25.1 Å². The SMILES string of the molecule is Cc1cc2ccccc2nc1CC(Cl)C(C)C. The molecular formula is C15H18ClN. The van der Waals surface area contributed by atoms with Gasteiger partial charge in [0.1, 0.15) is 0 Å². The smallest absolute Gasteiger partial charge is 0.0705 e. The molecule has 1 atom stereocenters. The Hall–Kier alpha value is -1.08. The van der Waals surface area contributed by atoms with E-state index in [1.165, 1.54) is 10.9 Å². The second-order valence-corrected chi connectivity index (χ2v) is 5.47. The number of rotatable bonds is 3. The summed E-state index contributed by atoms with van der Waals surface area (Å²) in [4.78, 5) is 4.71. The van der Waals surface area contributed by atoms with Gasteiger partial charge < -0.3 is 0 Å². The van der Waals surface area contributed by atoms with Crippen molar-refractivity contribution >= 4 is 22.5 Å². The van der Waals surface area contributed by atoms with Crippen LogP contribution >= 0.6 is 11.6 Å². The molecule has 0 saturated carbocycles. The van der Waals surface area contributed by atoms with Gasteiger partial charge in [0, 0.05) is 22.9 Å². The Bertz CT molecular complexity index is 519. The first kappa shape index (κ1) is 12.4. The van der Waals surface area contributed by atoms with Crippen molar-refractivity contribution in [1.82, 2.24) is 4.98 Å². The Morgan fingerprint density at radius 2 is 1.94 bits per heavy atom. The predicted octanol–water partition coefficient (Wildman–Crippen LogP) is 4.35. The Labute approximate surface area is 108 Å². The minimum absolute atomic E-state index is 0.155. The molecule has 2 heteroatoms. The zero-order valence-electron chi connectivity index (χ0n) is 10.6. The zero-order chi connectivity index (χ0) is 12.4. The van der Waals surface area contributed by atoms with Gasteiger partial charge in [-0.3, -0.25) is 4.98 Å². The third-order valence-electron chi connectivity index (χ3n) is 3.13. The van der Waals surface area contributed by atoms with E-state index in [9.17, 15) is 0 Å². The highest BCUT2D eigenvalue weighted by molar-refractivity contribution is 6.20. The average molecular weight is 248 g/mol. The molecule has 1 aromatic carbocycles. The molecule has 1 aromatic heterocycles. The van der Waals surface area contributed by atoms with Crippen molar-refractivity contribution in [2.24, 2.45) is 5.92 Å². The second kappa shape index (κ2) is 5.05. The van der Waals surface area contributed by atoms with Crippen molar-refractivity contribution in [3.63, 3.8) is 0 Å². The van der Waals surface area contributed by atoms with Crippen molar-refractivity contribution in [3.8, 4) is 0 Å². The fraction of sp³-hybridized carbons (Fsp3) is 0.400.